The number of halogens is 1. The maximum atomic E-state index is 11.1. The summed E-state index contributed by atoms with van der Waals surface area (Å²) < 4.78 is 5.90. The van der Waals surface area contributed by atoms with Gasteiger partial charge < -0.3 is 4.74 Å². The Labute approximate surface area is 95.1 Å². The monoisotopic (exact) mass is 299 g/mol. The van der Waals surface area contributed by atoms with E-state index in [1.165, 1.54) is 0 Å². The second kappa shape index (κ2) is 4.77. The molecule has 0 bridgehead atoms. The van der Waals surface area contributed by atoms with Crippen LogP contribution in [0.3, 0.4) is 0 Å². The maximum absolute atomic E-state index is 11.1. The van der Waals surface area contributed by atoms with Crippen LogP contribution in [0.2, 0.25) is 0 Å². The van der Waals surface area contributed by atoms with Crippen LogP contribution < -0.4 is 4.74 Å². The van der Waals surface area contributed by atoms with Gasteiger partial charge in [-0.1, -0.05) is 6.58 Å². The minimum atomic E-state index is -0.714. The molecule has 0 aliphatic carbocycles. The Morgan fingerprint density at radius 3 is 2.50 bits per heavy atom. The molecular weight excluding hydrogens is 293 g/mol. The first-order valence-corrected chi connectivity index (χ1v) is 4.78. The molecule has 0 fully saturated rings. The van der Waals surface area contributed by atoms with Crippen molar-refractivity contribution in [3.63, 3.8) is 0 Å². The number of esters is 1. The molecule has 0 aliphatic rings. The Kier molecular flexibility index (Phi) is 3.65. The van der Waals surface area contributed by atoms with Gasteiger partial charge in [-0.3, -0.25) is 0 Å². The van der Waals surface area contributed by atoms with Gasteiger partial charge >= 0.3 is 5.97 Å². The predicted octanol–water partition coefficient (Wildman–Crippen LogP) is 2.28. The van der Waals surface area contributed by atoms with Gasteiger partial charge in [0.2, 0.25) is 0 Å². The third-order valence-electron chi connectivity index (χ3n) is 1.41. The van der Waals surface area contributed by atoms with Crippen molar-refractivity contribution in [1.29, 1.82) is 5.26 Å². The summed E-state index contributed by atoms with van der Waals surface area (Å²) in [4.78, 5) is 11.1. The van der Waals surface area contributed by atoms with Gasteiger partial charge in [0, 0.05) is 3.57 Å². The van der Waals surface area contributed by atoms with Gasteiger partial charge in [-0.2, -0.15) is 5.26 Å². The lowest BCUT2D eigenvalue weighted by molar-refractivity contribution is -0.129. The number of hydrogen-bond donors (Lipinski definition) is 0. The molecule has 0 heterocycles. The van der Waals surface area contributed by atoms with E-state index >= 15 is 0 Å². The molecule has 0 saturated carbocycles. The van der Waals surface area contributed by atoms with Crippen LogP contribution in [-0.2, 0) is 4.79 Å². The number of hydrogen-bond acceptors (Lipinski definition) is 3. The zero-order valence-corrected chi connectivity index (χ0v) is 9.32. The Morgan fingerprint density at radius 1 is 1.43 bits per heavy atom. The largest absolute Gasteiger partial charge is 0.422 e. The minimum absolute atomic E-state index is 0.205. The molecule has 0 atom stereocenters. The lowest BCUT2D eigenvalue weighted by Gasteiger charge is -2.01. The molecular formula is C10H6INO2. The molecule has 0 aromatic heterocycles. The van der Waals surface area contributed by atoms with Crippen LogP contribution in [0.25, 0.3) is 0 Å². The van der Waals surface area contributed by atoms with Crippen molar-refractivity contribution < 1.29 is 9.53 Å². The number of nitrogens with zero attached hydrogens (tertiary/aromatic N) is 1. The van der Waals surface area contributed by atoms with Gasteiger partial charge in [-0.05, 0) is 46.9 Å². The van der Waals surface area contributed by atoms with E-state index in [-0.39, 0.29) is 5.57 Å². The molecule has 0 unspecified atom stereocenters. The van der Waals surface area contributed by atoms with Crippen molar-refractivity contribution in [3.05, 3.63) is 40.0 Å². The summed E-state index contributed by atoms with van der Waals surface area (Å²) in [6.45, 7) is 3.25. The van der Waals surface area contributed by atoms with Crippen molar-refractivity contribution in [2.24, 2.45) is 0 Å². The number of carbonyl (C=O) groups is 1. The molecule has 4 heteroatoms. The minimum Gasteiger partial charge on any atom is -0.422 e. The van der Waals surface area contributed by atoms with Crippen LogP contribution in [-0.4, -0.2) is 5.97 Å². The van der Waals surface area contributed by atoms with Crippen molar-refractivity contribution in [2.45, 2.75) is 0 Å². The van der Waals surface area contributed by atoms with E-state index in [9.17, 15) is 4.79 Å². The fraction of sp³-hybridized carbons (Fsp3) is 0. The van der Waals surface area contributed by atoms with Gasteiger partial charge in [0.05, 0.1) is 0 Å². The number of ether oxygens (including phenoxy) is 1. The Morgan fingerprint density at radius 2 is 2.00 bits per heavy atom. The first-order chi connectivity index (χ1) is 6.63. The summed E-state index contributed by atoms with van der Waals surface area (Å²) >= 11 is 2.14. The molecule has 0 amide bonds. The van der Waals surface area contributed by atoms with E-state index in [0.717, 1.165) is 3.57 Å². The zero-order valence-electron chi connectivity index (χ0n) is 7.16. The van der Waals surface area contributed by atoms with Crippen LogP contribution in [0.5, 0.6) is 5.75 Å². The molecule has 0 spiro atoms. The van der Waals surface area contributed by atoms with Gasteiger partial charge in [-0.25, -0.2) is 4.79 Å². The van der Waals surface area contributed by atoms with Gasteiger partial charge in [0.15, 0.2) is 0 Å². The van der Waals surface area contributed by atoms with E-state index < -0.39 is 5.97 Å². The van der Waals surface area contributed by atoms with E-state index in [1.54, 1.807) is 30.3 Å². The summed E-state index contributed by atoms with van der Waals surface area (Å²) in [5.41, 5.74) is -0.205. The van der Waals surface area contributed by atoms with Gasteiger partial charge in [0.1, 0.15) is 17.4 Å². The molecule has 3 nitrogen and oxygen atoms in total. The molecule has 14 heavy (non-hydrogen) atoms. The third-order valence-corrected chi connectivity index (χ3v) is 2.12. The van der Waals surface area contributed by atoms with E-state index in [2.05, 4.69) is 29.2 Å². The lowest BCUT2D eigenvalue weighted by atomic mass is 10.3. The number of rotatable bonds is 2. The molecule has 70 valence electrons. The summed E-state index contributed by atoms with van der Waals surface area (Å²) in [6.07, 6.45) is 0. The second-order valence-electron chi connectivity index (χ2n) is 2.43. The van der Waals surface area contributed by atoms with Crippen molar-refractivity contribution in [2.75, 3.05) is 0 Å². The van der Waals surface area contributed by atoms with Crippen LogP contribution in [0.1, 0.15) is 0 Å². The smallest absolute Gasteiger partial charge is 0.353 e. The fourth-order valence-corrected chi connectivity index (χ4v) is 1.08. The molecule has 0 aliphatic heterocycles. The van der Waals surface area contributed by atoms with Gasteiger partial charge in [-0.15, -0.1) is 0 Å². The lowest BCUT2D eigenvalue weighted by Crippen LogP contribution is -2.08. The van der Waals surface area contributed by atoms with Crippen LogP contribution in [0, 0.1) is 14.9 Å². The number of nitriles is 1. The molecule has 0 saturated heterocycles. The molecule has 0 N–H and O–H groups in total. The zero-order chi connectivity index (χ0) is 10.6. The molecule has 1 aromatic rings. The Balaban J connectivity index is 2.71. The van der Waals surface area contributed by atoms with Crippen LogP contribution in [0.4, 0.5) is 0 Å². The highest BCUT2D eigenvalue weighted by molar-refractivity contribution is 14.1. The summed E-state index contributed by atoms with van der Waals surface area (Å²) in [6, 6.07) is 8.55. The van der Waals surface area contributed by atoms with Gasteiger partial charge in [0.25, 0.3) is 0 Å². The number of benzene rings is 1. The number of carbonyl (C=O) groups excluding carboxylic acids is 1. The standard InChI is InChI=1S/C10H6INO2/c1-7(6-12)10(13)14-9-4-2-8(11)3-5-9/h2-5H,1H2. The van der Waals surface area contributed by atoms with Crippen molar-refractivity contribution in [3.8, 4) is 11.8 Å². The normalized spacial score (nSPS) is 8.86. The average molecular weight is 299 g/mol. The molecule has 1 aromatic carbocycles. The maximum Gasteiger partial charge on any atom is 0.353 e. The van der Waals surface area contributed by atoms with E-state index in [1.807, 2.05) is 0 Å². The first-order valence-electron chi connectivity index (χ1n) is 3.70. The summed E-state index contributed by atoms with van der Waals surface area (Å²) in [5.74, 6) is -0.305. The summed E-state index contributed by atoms with van der Waals surface area (Å²) in [7, 11) is 0. The quantitative estimate of drug-likeness (QED) is 0.277. The predicted molar refractivity (Wildman–Crippen MR) is 59.5 cm³/mol. The highest BCUT2D eigenvalue weighted by Gasteiger charge is 2.08. The topological polar surface area (TPSA) is 50.1 Å². The fourth-order valence-electron chi connectivity index (χ4n) is 0.717. The first kappa shape index (κ1) is 10.7. The summed E-state index contributed by atoms with van der Waals surface area (Å²) in [5, 5.41) is 8.38. The van der Waals surface area contributed by atoms with E-state index in [0.29, 0.717) is 5.75 Å². The van der Waals surface area contributed by atoms with Crippen molar-refractivity contribution >= 4 is 28.6 Å². The Hall–Kier alpha value is -1.35. The van der Waals surface area contributed by atoms with Crippen molar-refractivity contribution in [1.82, 2.24) is 0 Å². The van der Waals surface area contributed by atoms with E-state index in [4.69, 9.17) is 10.00 Å². The molecule has 1 rings (SSSR count). The SMILES string of the molecule is C=C(C#N)C(=O)Oc1ccc(I)cc1. The highest BCUT2D eigenvalue weighted by atomic mass is 127. The average Bonchev–Trinajstić information content (AvgIpc) is 2.20. The second-order valence-corrected chi connectivity index (χ2v) is 3.68. The van der Waals surface area contributed by atoms with Crippen LogP contribution >= 0.6 is 22.6 Å². The third kappa shape index (κ3) is 2.85. The molecule has 0 radical (unpaired) electrons. The Bertz CT molecular complexity index is 403. The van der Waals surface area contributed by atoms with Crippen LogP contribution in [0.15, 0.2) is 36.4 Å². The highest BCUT2D eigenvalue weighted by Crippen LogP contribution is 2.14.